The summed E-state index contributed by atoms with van der Waals surface area (Å²) in [5, 5.41) is 3.78. The summed E-state index contributed by atoms with van der Waals surface area (Å²) in [4.78, 5) is 16.0. The molecule has 0 aromatic heterocycles. The largest absolute Gasteiger partial charge is 0.360 e. The van der Waals surface area contributed by atoms with Crippen LogP contribution in [0.4, 0.5) is 5.69 Å². The average Bonchev–Trinajstić information content (AvgIpc) is 2.65. The molecule has 1 aliphatic heterocycles. The molecule has 0 unspecified atom stereocenters. The lowest BCUT2D eigenvalue weighted by Gasteiger charge is -2.34. The van der Waals surface area contributed by atoms with Gasteiger partial charge in [0.15, 0.2) is 6.54 Å². The third kappa shape index (κ3) is 5.23. The van der Waals surface area contributed by atoms with Gasteiger partial charge in [-0.2, -0.15) is 0 Å². The second kappa shape index (κ2) is 9.06. The summed E-state index contributed by atoms with van der Waals surface area (Å²) in [7, 11) is 0. The lowest BCUT2D eigenvalue weighted by molar-refractivity contribution is -0.892. The van der Waals surface area contributed by atoms with Gasteiger partial charge < -0.3 is 15.1 Å². The van der Waals surface area contributed by atoms with Crippen molar-refractivity contribution in [2.24, 2.45) is 0 Å². The van der Waals surface area contributed by atoms with Crippen LogP contribution in [0.15, 0.2) is 48.5 Å². The number of aryl methyl sites for hydroxylation is 1. The van der Waals surface area contributed by atoms with E-state index in [1.54, 1.807) is 0 Å². The van der Waals surface area contributed by atoms with Crippen LogP contribution in [-0.4, -0.2) is 45.2 Å². The number of rotatable bonds is 6. The number of benzene rings is 2. The van der Waals surface area contributed by atoms with Gasteiger partial charge >= 0.3 is 0 Å². The smallest absolute Gasteiger partial charge is 0.275 e. The Hall–Kier alpha value is -2.04. The van der Waals surface area contributed by atoms with Crippen LogP contribution in [-0.2, 0) is 11.2 Å². The molecule has 5 heteroatoms. The molecule has 2 aromatic carbocycles. The topological polar surface area (TPSA) is 36.8 Å². The predicted octanol–water partition coefficient (Wildman–Crippen LogP) is 1.71. The number of hydrogen-bond acceptors (Lipinski definition) is 2. The second-order valence-corrected chi connectivity index (χ2v) is 7.36. The molecule has 0 saturated carbocycles. The van der Waals surface area contributed by atoms with Crippen molar-refractivity contribution in [3.05, 3.63) is 64.7 Å². The molecule has 2 aromatic rings. The van der Waals surface area contributed by atoms with Gasteiger partial charge in [0, 0.05) is 17.3 Å². The van der Waals surface area contributed by atoms with Crippen LogP contribution < -0.4 is 15.1 Å². The summed E-state index contributed by atoms with van der Waals surface area (Å²) in [5.41, 5.74) is 3.82. The van der Waals surface area contributed by atoms with Crippen LogP contribution in [0, 0.1) is 6.92 Å². The third-order valence-electron chi connectivity index (χ3n) is 4.99. The molecule has 0 bridgehead atoms. The molecule has 1 heterocycles. The summed E-state index contributed by atoms with van der Waals surface area (Å²) < 4.78 is 0. The van der Waals surface area contributed by atoms with Crippen molar-refractivity contribution in [3.63, 3.8) is 0 Å². The van der Waals surface area contributed by atoms with E-state index in [9.17, 15) is 4.79 Å². The molecule has 0 aliphatic carbocycles. The van der Waals surface area contributed by atoms with E-state index < -0.39 is 0 Å². The zero-order valence-corrected chi connectivity index (χ0v) is 16.1. The zero-order chi connectivity index (χ0) is 18.4. The number of para-hydroxylation sites is 1. The number of piperazine rings is 1. The fourth-order valence-electron chi connectivity index (χ4n) is 3.45. The Bertz CT molecular complexity index is 724. The number of carbonyl (C=O) groups excluding carboxylic acids is 1. The molecule has 0 atom stereocenters. The fourth-order valence-corrected chi connectivity index (χ4v) is 3.57. The van der Waals surface area contributed by atoms with Crippen molar-refractivity contribution < 1.29 is 9.69 Å². The van der Waals surface area contributed by atoms with Crippen LogP contribution in [0.25, 0.3) is 0 Å². The Morgan fingerprint density at radius 3 is 2.50 bits per heavy atom. The molecule has 138 valence electrons. The first-order valence-corrected chi connectivity index (χ1v) is 9.65. The van der Waals surface area contributed by atoms with Gasteiger partial charge in [-0.05, 0) is 42.7 Å². The minimum absolute atomic E-state index is 0.137. The molecule has 1 fully saturated rings. The number of amides is 1. The second-order valence-electron chi connectivity index (χ2n) is 6.93. The van der Waals surface area contributed by atoms with Gasteiger partial charge in [0.2, 0.25) is 0 Å². The van der Waals surface area contributed by atoms with Gasteiger partial charge in [0.05, 0.1) is 26.2 Å². The van der Waals surface area contributed by atoms with E-state index in [0.29, 0.717) is 13.1 Å². The van der Waals surface area contributed by atoms with E-state index in [1.165, 1.54) is 21.7 Å². The molecule has 0 radical (unpaired) electrons. The summed E-state index contributed by atoms with van der Waals surface area (Å²) >= 11 is 5.89. The first-order chi connectivity index (χ1) is 12.6. The molecule has 0 spiro atoms. The standard InChI is InChI=1S/C21H26ClN3O/c1-17-4-2-3-5-20(17)25-14-12-24(13-15-25)16-21(26)23-11-10-18-6-8-19(22)9-7-18/h2-9H,10-16H2,1H3,(H,23,26)/p+1. The lowest BCUT2D eigenvalue weighted by Crippen LogP contribution is -3.16. The van der Waals surface area contributed by atoms with Crippen molar-refractivity contribution in [1.29, 1.82) is 0 Å². The highest BCUT2D eigenvalue weighted by atomic mass is 35.5. The molecule has 1 saturated heterocycles. The van der Waals surface area contributed by atoms with Crippen LogP contribution in [0.2, 0.25) is 5.02 Å². The Kier molecular flexibility index (Phi) is 6.53. The van der Waals surface area contributed by atoms with E-state index in [-0.39, 0.29) is 5.91 Å². The lowest BCUT2D eigenvalue weighted by atomic mass is 10.1. The normalized spacial score (nSPS) is 15.1. The maximum atomic E-state index is 12.2. The quantitative estimate of drug-likeness (QED) is 0.810. The maximum Gasteiger partial charge on any atom is 0.275 e. The number of hydrogen-bond donors (Lipinski definition) is 2. The first-order valence-electron chi connectivity index (χ1n) is 9.27. The highest BCUT2D eigenvalue weighted by Gasteiger charge is 2.22. The monoisotopic (exact) mass is 372 g/mol. The number of nitrogens with one attached hydrogen (secondary N) is 2. The molecule has 26 heavy (non-hydrogen) atoms. The molecule has 4 nitrogen and oxygen atoms in total. The number of nitrogens with zero attached hydrogens (tertiary/aromatic N) is 1. The van der Waals surface area contributed by atoms with Gasteiger partial charge in [-0.25, -0.2) is 0 Å². The summed E-state index contributed by atoms with van der Waals surface area (Å²) in [6.07, 6.45) is 0.833. The molecule has 3 rings (SSSR count). The van der Waals surface area contributed by atoms with Crippen molar-refractivity contribution in [2.75, 3.05) is 44.2 Å². The molecule has 1 amide bonds. The molecular formula is C21H27ClN3O+. The van der Waals surface area contributed by atoms with E-state index in [0.717, 1.165) is 37.6 Å². The highest BCUT2D eigenvalue weighted by molar-refractivity contribution is 6.30. The summed E-state index contributed by atoms with van der Waals surface area (Å²) in [6, 6.07) is 16.3. The number of carbonyl (C=O) groups is 1. The van der Waals surface area contributed by atoms with Crippen LogP contribution in [0.3, 0.4) is 0 Å². The van der Waals surface area contributed by atoms with E-state index in [2.05, 4.69) is 41.4 Å². The van der Waals surface area contributed by atoms with Gasteiger partial charge in [0.1, 0.15) is 0 Å². The highest BCUT2D eigenvalue weighted by Crippen LogP contribution is 2.18. The Morgan fingerprint density at radius 1 is 1.12 bits per heavy atom. The minimum Gasteiger partial charge on any atom is -0.360 e. The maximum absolute atomic E-state index is 12.2. The van der Waals surface area contributed by atoms with Crippen LogP contribution >= 0.6 is 11.6 Å². The Balaban J connectivity index is 1.38. The average molecular weight is 373 g/mol. The van der Waals surface area contributed by atoms with Crippen LogP contribution in [0.1, 0.15) is 11.1 Å². The summed E-state index contributed by atoms with van der Waals surface area (Å²) in [6.45, 7) is 7.38. The van der Waals surface area contributed by atoms with Gasteiger partial charge in [-0.1, -0.05) is 41.9 Å². The number of halogens is 1. The molecule has 2 N–H and O–H groups in total. The minimum atomic E-state index is 0.137. The molecule has 1 aliphatic rings. The van der Waals surface area contributed by atoms with Crippen molar-refractivity contribution in [3.8, 4) is 0 Å². The van der Waals surface area contributed by atoms with Gasteiger partial charge in [0.25, 0.3) is 5.91 Å². The third-order valence-corrected chi connectivity index (χ3v) is 5.24. The predicted molar refractivity (Wildman–Crippen MR) is 107 cm³/mol. The van der Waals surface area contributed by atoms with E-state index >= 15 is 0 Å². The zero-order valence-electron chi connectivity index (χ0n) is 15.3. The van der Waals surface area contributed by atoms with Crippen molar-refractivity contribution >= 4 is 23.2 Å². The Morgan fingerprint density at radius 2 is 1.81 bits per heavy atom. The van der Waals surface area contributed by atoms with E-state index in [4.69, 9.17) is 11.6 Å². The van der Waals surface area contributed by atoms with Crippen molar-refractivity contribution in [2.45, 2.75) is 13.3 Å². The molecular weight excluding hydrogens is 346 g/mol. The van der Waals surface area contributed by atoms with Crippen molar-refractivity contribution in [1.82, 2.24) is 5.32 Å². The van der Waals surface area contributed by atoms with Gasteiger partial charge in [-0.15, -0.1) is 0 Å². The number of anilines is 1. The number of quaternary nitrogens is 1. The van der Waals surface area contributed by atoms with Crippen LogP contribution in [0.5, 0.6) is 0 Å². The van der Waals surface area contributed by atoms with Gasteiger partial charge in [-0.3, -0.25) is 4.79 Å². The van der Waals surface area contributed by atoms with E-state index in [1.807, 2.05) is 24.3 Å². The summed E-state index contributed by atoms with van der Waals surface area (Å²) in [5.74, 6) is 0.137. The first kappa shape index (κ1) is 18.7. The fraction of sp³-hybridized carbons (Fsp3) is 0.381. The Labute approximate surface area is 160 Å². The SMILES string of the molecule is Cc1ccccc1N1CC[NH+](CC(=O)NCCc2ccc(Cl)cc2)CC1.